The highest BCUT2D eigenvalue weighted by molar-refractivity contribution is 5.39. The van der Waals surface area contributed by atoms with Crippen molar-refractivity contribution in [2.75, 3.05) is 20.3 Å². The maximum Gasteiger partial charge on any atom is 0.229 e. The lowest BCUT2D eigenvalue weighted by Crippen LogP contribution is -2.60. The number of methoxy groups -OCH3 is 1. The van der Waals surface area contributed by atoms with Crippen molar-refractivity contribution in [3.8, 4) is 17.2 Å². The van der Waals surface area contributed by atoms with Crippen LogP contribution in [-0.2, 0) is 22.3 Å². The third kappa shape index (κ3) is 6.83. The minimum atomic E-state index is -1.65. The van der Waals surface area contributed by atoms with Gasteiger partial charge in [-0.3, -0.25) is 0 Å². The molecule has 2 aromatic carbocycles. The number of benzene rings is 2. The van der Waals surface area contributed by atoms with Gasteiger partial charge in [-0.05, 0) is 48.2 Å². The predicted octanol–water partition coefficient (Wildman–Crippen LogP) is -2.16. The Bertz CT molecular complexity index is 1040. The van der Waals surface area contributed by atoms with Crippen LogP contribution in [0.15, 0.2) is 42.5 Å². The van der Waals surface area contributed by atoms with E-state index in [1.165, 1.54) is 6.07 Å². The summed E-state index contributed by atoms with van der Waals surface area (Å²) in [6.45, 7) is -1.26. The van der Waals surface area contributed by atoms with E-state index in [1.807, 2.05) is 24.3 Å². The summed E-state index contributed by atoms with van der Waals surface area (Å²) in [5, 5.41) is 80.2. The van der Waals surface area contributed by atoms with Gasteiger partial charge in [0.2, 0.25) is 12.6 Å². The minimum Gasteiger partial charge on any atom is -0.497 e. The van der Waals surface area contributed by atoms with E-state index in [0.717, 1.165) is 5.56 Å². The van der Waals surface area contributed by atoms with Crippen molar-refractivity contribution < 1.29 is 64.5 Å². The van der Waals surface area contributed by atoms with Crippen molar-refractivity contribution in [3.05, 3.63) is 53.6 Å². The quantitative estimate of drug-likeness (QED) is 0.154. The molecule has 4 rings (SSSR count). The highest BCUT2D eigenvalue weighted by atomic mass is 16.7. The molecule has 8 N–H and O–H groups in total. The SMILES string of the molecule is COc1cccc(CCc2cc(O[C@@H]3O[C@H](CO)[C@@H](O)[C@H](O)[C@H]3O)cc(O[C@@H]3O[C@H](CO)[C@@H](O)[C@H](O)[C@H]3O)c2)c1. The first-order valence-electron chi connectivity index (χ1n) is 12.9. The molecule has 2 aliphatic heterocycles. The molecule has 0 bridgehead atoms. The Kier molecular flexibility index (Phi) is 10.2. The van der Waals surface area contributed by atoms with E-state index in [9.17, 15) is 40.9 Å². The van der Waals surface area contributed by atoms with Gasteiger partial charge >= 0.3 is 0 Å². The molecule has 0 radical (unpaired) electrons. The Labute approximate surface area is 230 Å². The van der Waals surface area contributed by atoms with Gasteiger partial charge < -0.3 is 64.5 Å². The Morgan fingerprint density at radius 3 is 1.55 bits per heavy atom. The molecule has 40 heavy (non-hydrogen) atoms. The van der Waals surface area contributed by atoms with Crippen LogP contribution in [0.1, 0.15) is 11.1 Å². The average Bonchev–Trinajstić information content (AvgIpc) is 2.96. The normalized spacial score (nSPS) is 34.3. The second-order valence-electron chi connectivity index (χ2n) is 9.79. The first kappa shape index (κ1) is 30.4. The summed E-state index contributed by atoms with van der Waals surface area (Å²) in [4.78, 5) is 0. The molecule has 2 aromatic rings. The molecular weight excluding hydrogens is 532 g/mol. The molecule has 2 aliphatic rings. The molecule has 2 heterocycles. The van der Waals surface area contributed by atoms with E-state index in [0.29, 0.717) is 24.2 Å². The van der Waals surface area contributed by atoms with Crippen molar-refractivity contribution in [1.29, 1.82) is 0 Å². The maximum absolute atomic E-state index is 10.4. The van der Waals surface area contributed by atoms with Crippen LogP contribution in [0.4, 0.5) is 0 Å². The summed E-state index contributed by atoms with van der Waals surface area (Å²) < 4.78 is 27.8. The lowest BCUT2D eigenvalue weighted by Gasteiger charge is -2.40. The number of hydrogen-bond donors (Lipinski definition) is 8. The van der Waals surface area contributed by atoms with Gasteiger partial charge in [-0.2, -0.15) is 0 Å². The molecule has 0 saturated carbocycles. The van der Waals surface area contributed by atoms with Gasteiger partial charge in [-0.25, -0.2) is 0 Å². The second-order valence-corrected chi connectivity index (χ2v) is 9.79. The number of rotatable bonds is 10. The topological polar surface area (TPSA) is 208 Å². The summed E-state index contributed by atoms with van der Waals surface area (Å²) in [6.07, 6.45) is -13.9. The van der Waals surface area contributed by atoms with E-state index in [1.54, 1.807) is 19.2 Å². The molecule has 2 saturated heterocycles. The highest BCUT2D eigenvalue weighted by Crippen LogP contribution is 2.31. The summed E-state index contributed by atoms with van der Waals surface area (Å²) in [5.74, 6) is 0.933. The van der Waals surface area contributed by atoms with Gasteiger partial charge in [0.05, 0.1) is 20.3 Å². The number of ether oxygens (including phenoxy) is 5. The lowest BCUT2D eigenvalue weighted by atomic mass is 9.99. The first-order chi connectivity index (χ1) is 19.1. The van der Waals surface area contributed by atoms with Crippen LogP contribution < -0.4 is 14.2 Å². The summed E-state index contributed by atoms with van der Waals surface area (Å²) in [7, 11) is 1.57. The fourth-order valence-corrected chi connectivity index (χ4v) is 4.63. The zero-order valence-corrected chi connectivity index (χ0v) is 21.8. The molecule has 2 fully saturated rings. The van der Waals surface area contributed by atoms with E-state index in [-0.39, 0.29) is 11.5 Å². The van der Waals surface area contributed by atoms with Gasteiger partial charge in [-0.1, -0.05) is 12.1 Å². The van der Waals surface area contributed by atoms with E-state index >= 15 is 0 Å². The molecule has 0 amide bonds. The third-order valence-electron chi connectivity index (χ3n) is 6.98. The molecule has 10 atom stereocenters. The van der Waals surface area contributed by atoms with Crippen molar-refractivity contribution >= 4 is 0 Å². The average molecular weight is 569 g/mol. The maximum atomic E-state index is 10.4. The number of hydrogen-bond acceptors (Lipinski definition) is 13. The molecule has 0 aromatic heterocycles. The molecule has 0 spiro atoms. The van der Waals surface area contributed by atoms with Gasteiger partial charge in [0.1, 0.15) is 66.1 Å². The Balaban J connectivity index is 1.59. The Hall–Kier alpha value is -2.56. The van der Waals surface area contributed by atoms with Crippen LogP contribution in [0.25, 0.3) is 0 Å². The number of aliphatic hydroxyl groups is 8. The fourth-order valence-electron chi connectivity index (χ4n) is 4.63. The third-order valence-corrected chi connectivity index (χ3v) is 6.98. The molecule has 0 unspecified atom stereocenters. The minimum absolute atomic E-state index is 0.118. The van der Waals surface area contributed by atoms with E-state index in [2.05, 4.69) is 0 Å². The molecular formula is C27H36O13. The van der Waals surface area contributed by atoms with Crippen LogP contribution in [0.3, 0.4) is 0 Å². The fraction of sp³-hybridized carbons (Fsp3) is 0.556. The van der Waals surface area contributed by atoms with Crippen molar-refractivity contribution in [3.63, 3.8) is 0 Å². The van der Waals surface area contributed by atoms with Gasteiger partial charge in [0.15, 0.2) is 0 Å². The zero-order valence-electron chi connectivity index (χ0n) is 21.8. The van der Waals surface area contributed by atoms with Crippen LogP contribution in [0.2, 0.25) is 0 Å². The highest BCUT2D eigenvalue weighted by Gasteiger charge is 2.46. The number of aliphatic hydroxyl groups excluding tert-OH is 8. The molecule has 13 nitrogen and oxygen atoms in total. The molecule has 13 heteroatoms. The van der Waals surface area contributed by atoms with Crippen LogP contribution in [0, 0.1) is 0 Å². The van der Waals surface area contributed by atoms with Crippen LogP contribution in [-0.4, -0.2) is 123 Å². The summed E-state index contributed by atoms with van der Waals surface area (Å²) >= 11 is 0. The van der Waals surface area contributed by atoms with Crippen molar-refractivity contribution in [1.82, 2.24) is 0 Å². The number of aryl methyl sites for hydroxylation is 2. The Morgan fingerprint density at radius 2 is 1.07 bits per heavy atom. The monoisotopic (exact) mass is 568 g/mol. The summed E-state index contributed by atoms with van der Waals surface area (Å²) in [5.41, 5.74) is 1.67. The van der Waals surface area contributed by atoms with E-state index < -0.39 is 74.6 Å². The van der Waals surface area contributed by atoms with Crippen LogP contribution >= 0.6 is 0 Å². The smallest absolute Gasteiger partial charge is 0.229 e. The van der Waals surface area contributed by atoms with Gasteiger partial charge in [0, 0.05) is 6.07 Å². The van der Waals surface area contributed by atoms with Crippen molar-refractivity contribution in [2.24, 2.45) is 0 Å². The second kappa shape index (κ2) is 13.4. The lowest BCUT2D eigenvalue weighted by molar-refractivity contribution is -0.278. The standard InChI is InChI=1S/C27H36O13/c1-36-15-4-2-3-13(7-15)5-6-14-8-16(37-26-24(34)22(32)20(30)18(11-28)39-26)10-17(9-14)38-27-25(35)23(33)21(31)19(12-29)40-27/h2-4,7-10,18-35H,5-6,11-12H2,1H3/t18-,19-,20-,21-,22+,23+,24-,25-,26-,27-/m1/s1. The molecule has 222 valence electrons. The Morgan fingerprint density at radius 1 is 0.600 bits per heavy atom. The van der Waals surface area contributed by atoms with Gasteiger partial charge in [-0.15, -0.1) is 0 Å². The summed E-state index contributed by atoms with van der Waals surface area (Å²) in [6, 6.07) is 12.2. The first-order valence-corrected chi connectivity index (χ1v) is 12.9. The van der Waals surface area contributed by atoms with E-state index in [4.69, 9.17) is 23.7 Å². The van der Waals surface area contributed by atoms with Crippen molar-refractivity contribution in [2.45, 2.75) is 74.3 Å². The van der Waals surface area contributed by atoms with Crippen LogP contribution in [0.5, 0.6) is 17.2 Å². The van der Waals surface area contributed by atoms with Gasteiger partial charge in [0.25, 0.3) is 0 Å². The predicted molar refractivity (Wildman–Crippen MR) is 136 cm³/mol. The zero-order chi connectivity index (χ0) is 29.0. The largest absolute Gasteiger partial charge is 0.497 e. The molecule has 0 aliphatic carbocycles.